The van der Waals surface area contributed by atoms with Crippen LogP contribution in [-0.4, -0.2) is 21.1 Å². The Balaban J connectivity index is 3.58. The van der Waals surface area contributed by atoms with E-state index in [0.717, 1.165) is 0 Å². The lowest BCUT2D eigenvalue weighted by Crippen LogP contribution is -2.08. The Morgan fingerprint density at radius 2 is 2.00 bits per heavy atom. The van der Waals surface area contributed by atoms with E-state index in [0.29, 0.717) is 0 Å². The van der Waals surface area contributed by atoms with Gasteiger partial charge in [0.05, 0.1) is 12.3 Å². The number of rotatable bonds is 2. The van der Waals surface area contributed by atoms with Gasteiger partial charge in [0.25, 0.3) is 0 Å². The van der Waals surface area contributed by atoms with Gasteiger partial charge in [-0.05, 0) is 22.6 Å². The Bertz CT molecular complexity index is 101. The third-order valence-corrected chi connectivity index (χ3v) is 1.07. The van der Waals surface area contributed by atoms with Crippen LogP contribution in [0, 0.1) is 10.8 Å². The lowest BCUT2D eigenvalue weighted by molar-refractivity contribution is 0.358. The molecule has 0 heterocycles. The average molecular weight is 212 g/mol. The molecule has 0 aliphatic rings. The molecule has 0 radical (unpaired) electrons. The first-order chi connectivity index (χ1) is 3.18. The van der Waals surface area contributed by atoms with Crippen LogP contribution in [0.25, 0.3) is 0 Å². The molecule has 0 bridgehead atoms. The summed E-state index contributed by atoms with van der Waals surface area (Å²) in [5.41, 5.74) is -0.0272. The maximum atomic E-state index is 8.14. The average Bonchev–Trinajstić information content (AvgIpc) is 1.65. The summed E-state index contributed by atoms with van der Waals surface area (Å²) in [6.07, 6.45) is 0. The molecule has 0 aromatic rings. The number of hydrogen-bond donors (Lipinski definition) is 3. The molecule has 3 N–H and O–H groups in total. The van der Waals surface area contributed by atoms with Gasteiger partial charge in [0, 0.05) is 0 Å². The quantitative estimate of drug-likeness (QED) is 0.450. The Hall–Kier alpha value is 0.0300. The number of halogens is 1. The molecule has 0 spiro atoms. The molecule has 0 atom stereocenters. The van der Waals surface area contributed by atoms with Gasteiger partial charge in [0.1, 0.15) is 3.72 Å². The van der Waals surface area contributed by atoms with E-state index in [-0.39, 0.29) is 16.0 Å². The van der Waals surface area contributed by atoms with Gasteiger partial charge in [0.2, 0.25) is 0 Å². The van der Waals surface area contributed by atoms with Crippen molar-refractivity contribution in [3.05, 3.63) is 0 Å². The van der Waals surface area contributed by atoms with Crippen molar-refractivity contribution in [3.8, 4) is 0 Å². The monoisotopic (exact) mass is 212 g/mol. The summed E-state index contributed by atoms with van der Waals surface area (Å²) < 4.78 is 0.0973. The highest BCUT2D eigenvalue weighted by atomic mass is 127. The number of nitrogens with one attached hydrogen (secondary N) is 2. The first kappa shape index (κ1) is 7.03. The minimum absolute atomic E-state index is 0.0272. The summed E-state index contributed by atoms with van der Waals surface area (Å²) in [6, 6.07) is 0. The molecule has 0 aliphatic carbocycles. The predicted molar refractivity (Wildman–Crippen MR) is 36.6 cm³/mol. The zero-order chi connectivity index (χ0) is 5.86. The van der Waals surface area contributed by atoms with Crippen LogP contribution >= 0.6 is 22.6 Å². The molecule has 0 saturated carbocycles. The van der Waals surface area contributed by atoms with Crippen LogP contribution in [0.15, 0.2) is 0 Å². The van der Waals surface area contributed by atoms with Gasteiger partial charge in [-0.2, -0.15) is 0 Å². The maximum absolute atomic E-state index is 8.14. The van der Waals surface area contributed by atoms with E-state index >= 15 is 0 Å². The van der Waals surface area contributed by atoms with Crippen LogP contribution in [0.1, 0.15) is 0 Å². The van der Waals surface area contributed by atoms with E-state index in [1.54, 1.807) is 22.6 Å². The van der Waals surface area contributed by atoms with Crippen molar-refractivity contribution in [2.24, 2.45) is 0 Å². The highest BCUT2D eigenvalue weighted by Crippen LogP contribution is 1.86. The normalized spacial score (nSPS) is 8.29. The van der Waals surface area contributed by atoms with Crippen molar-refractivity contribution in [2.45, 2.75) is 0 Å². The number of hydrogen-bond acceptors (Lipinski definition) is 3. The largest absolute Gasteiger partial charge is 0.390 e. The molecule has 0 amide bonds. The predicted octanol–water partition coefficient (Wildman–Crippen LogP) is 0.411. The molecule has 0 unspecified atom stereocenters. The van der Waals surface area contributed by atoms with Crippen LogP contribution in [0.3, 0.4) is 0 Å². The van der Waals surface area contributed by atoms with E-state index in [4.69, 9.17) is 15.9 Å². The van der Waals surface area contributed by atoms with Gasteiger partial charge in [-0.15, -0.1) is 0 Å². The first-order valence-corrected chi connectivity index (χ1v) is 2.69. The van der Waals surface area contributed by atoms with Crippen LogP contribution < -0.4 is 0 Å². The van der Waals surface area contributed by atoms with Gasteiger partial charge in [0.15, 0.2) is 0 Å². The zero-order valence-electron chi connectivity index (χ0n) is 3.53. The van der Waals surface area contributed by atoms with E-state index < -0.39 is 0 Å². The van der Waals surface area contributed by atoms with Crippen molar-refractivity contribution < 1.29 is 5.11 Å². The van der Waals surface area contributed by atoms with Gasteiger partial charge in [-0.25, -0.2) is 0 Å². The fraction of sp³-hybridized carbons (Fsp3) is 0.333. The molecular formula is C3H5IN2O. The summed E-state index contributed by atoms with van der Waals surface area (Å²) in [4.78, 5) is 0. The molecule has 40 valence electrons. The number of aliphatic hydroxyl groups is 1. The smallest absolute Gasteiger partial charge is 0.115 e. The van der Waals surface area contributed by atoms with Crippen molar-refractivity contribution in [2.75, 3.05) is 6.61 Å². The van der Waals surface area contributed by atoms with Crippen molar-refractivity contribution in [3.63, 3.8) is 0 Å². The number of aliphatic hydroxyl groups excluding tert-OH is 1. The minimum Gasteiger partial charge on any atom is -0.390 e. The molecule has 4 heteroatoms. The van der Waals surface area contributed by atoms with Crippen molar-refractivity contribution >= 4 is 32.0 Å². The third-order valence-electron chi connectivity index (χ3n) is 0.423. The first-order valence-electron chi connectivity index (χ1n) is 1.61. The molecular weight excluding hydrogens is 207 g/mol. The molecule has 3 nitrogen and oxygen atoms in total. The summed E-state index contributed by atoms with van der Waals surface area (Å²) >= 11 is 1.67. The van der Waals surface area contributed by atoms with Crippen molar-refractivity contribution in [1.82, 2.24) is 0 Å². The lowest BCUT2D eigenvalue weighted by atomic mass is 10.4. The van der Waals surface area contributed by atoms with E-state index in [2.05, 4.69) is 0 Å². The van der Waals surface area contributed by atoms with Crippen LogP contribution in [0.4, 0.5) is 0 Å². The third kappa shape index (κ3) is 2.69. The second-order valence-electron chi connectivity index (χ2n) is 0.951. The highest BCUT2D eigenvalue weighted by molar-refractivity contribution is 14.1. The van der Waals surface area contributed by atoms with E-state index in [1.807, 2.05) is 0 Å². The fourth-order valence-corrected chi connectivity index (χ4v) is 0.240. The second-order valence-corrected chi connectivity index (χ2v) is 2.03. The van der Waals surface area contributed by atoms with Crippen LogP contribution in [-0.2, 0) is 0 Å². The van der Waals surface area contributed by atoms with E-state index in [1.165, 1.54) is 0 Å². The van der Waals surface area contributed by atoms with Crippen LogP contribution in [0.5, 0.6) is 0 Å². The second kappa shape index (κ2) is 3.09. The summed E-state index contributed by atoms with van der Waals surface area (Å²) in [6.45, 7) is -0.332. The summed E-state index contributed by atoms with van der Waals surface area (Å²) in [7, 11) is 0. The lowest BCUT2D eigenvalue weighted by Gasteiger charge is -1.88. The maximum Gasteiger partial charge on any atom is 0.115 e. The molecule has 0 fully saturated rings. The van der Waals surface area contributed by atoms with E-state index in [9.17, 15) is 0 Å². The van der Waals surface area contributed by atoms with Gasteiger partial charge < -0.3 is 10.5 Å². The standard InChI is InChI=1S/C3H5IN2O/c4-3(6)2(5)1-7/h5-7H,1H2. The molecule has 0 saturated heterocycles. The molecule has 0 rings (SSSR count). The summed E-state index contributed by atoms with van der Waals surface area (Å²) in [5.74, 6) is 0. The zero-order valence-corrected chi connectivity index (χ0v) is 5.69. The van der Waals surface area contributed by atoms with Crippen LogP contribution in [0.2, 0.25) is 0 Å². The molecule has 0 aromatic carbocycles. The van der Waals surface area contributed by atoms with Gasteiger partial charge in [-0.1, -0.05) is 0 Å². The Kier molecular flexibility index (Phi) is 3.10. The molecule has 0 aromatic heterocycles. The Morgan fingerprint density at radius 3 is 2.00 bits per heavy atom. The van der Waals surface area contributed by atoms with Gasteiger partial charge in [-0.3, -0.25) is 5.41 Å². The minimum atomic E-state index is -0.332. The molecule has 0 aliphatic heterocycles. The van der Waals surface area contributed by atoms with Gasteiger partial charge >= 0.3 is 0 Å². The molecule has 7 heavy (non-hydrogen) atoms. The Labute approximate surface area is 54.9 Å². The topological polar surface area (TPSA) is 67.9 Å². The Morgan fingerprint density at radius 1 is 1.57 bits per heavy atom. The summed E-state index contributed by atoms with van der Waals surface area (Å²) in [5, 5.41) is 21.5. The van der Waals surface area contributed by atoms with Crippen molar-refractivity contribution in [1.29, 1.82) is 10.8 Å². The fourth-order valence-electron chi connectivity index (χ4n) is 0.0694. The highest BCUT2D eigenvalue weighted by Gasteiger charge is 1.94. The SMILES string of the molecule is N=C(I)C(=N)CO.